The van der Waals surface area contributed by atoms with E-state index in [1.54, 1.807) is 0 Å². The van der Waals surface area contributed by atoms with Gasteiger partial charge in [0.2, 0.25) is 5.91 Å². The molecule has 1 aliphatic heterocycles. The van der Waals surface area contributed by atoms with Crippen molar-refractivity contribution in [3.8, 4) is 0 Å². The maximum Gasteiger partial charge on any atom is 0.238 e. The number of anilines is 1. The molecular formula is C14H16F2N2O. The van der Waals surface area contributed by atoms with E-state index in [9.17, 15) is 13.6 Å². The highest BCUT2D eigenvalue weighted by atomic mass is 19.1. The monoisotopic (exact) mass is 266 g/mol. The molecule has 102 valence electrons. The van der Waals surface area contributed by atoms with Crippen LogP contribution >= 0.6 is 0 Å². The molecule has 2 atom stereocenters. The Kier molecular flexibility index (Phi) is 3.22. The topological polar surface area (TPSA) is 32.3 Å². The number of hydrogen-bond donors (Lipinski definition) is 1. The van der Waals surface area contributed by atoms with Crippen molar-refractivity contribution in [2.45, 2.75) is 25.3 Å². The van der Waals surface area contributed by atoms with E-state index in [0.717, 1.165) is 37.1 Å². The van der Waals surface area contributed by atoms with Gasteiger partial charge in [0.15, 0.2) is 0 Å². The number of amides is 1. The Balaban J connectivity index is 1.58. The van der Waals surface area contributed by atoms with Crippen LogP contribution in [0.3, 0.4) is 0 Å². The summed E-state index contributed by atoms with van der Waals surface area (Å²) < 4.78 is 26.4. The third-order valence-electron chi connectivity index (χ3n) is 4.11. The van der Waals surface area contributed by atoms with Gasteiger partial charge >= 0.3 is 0 Å². The molecule has 1 N–H and O–H groups in total. The quantitative estimate of drug-likeness (QED) is 0.911. The molecule has 1 saturated carbocycles. The van der Waals surface area contributed by atoms with Crippen molar-refractivity contribution in [2.75, 3.05) is 18.4 Å². The summed E-state index contributed by atoms with van der Waals surface area (Å²) in [6.07, 6.45) is 3.62. The Morgan fingerprint density at radius 1 is 1.37 bits per heavy atom. The van der Waals surface area contributed by atoms with E-state index < -0.39 is 11.6 Å². The maximum atomic E-state index is 13.4. The van der Waals surface area contributed by atoms with E-state index in [2.05, 4.69) is 10.2 Å². The van der Waals surface area contributed by atoms with Gasteiger partial charge in [0.05, 0.1) is 12.2 Å². The summed E-state index contributed by atoms with van der Waals surface area (Å²) in [4.78, 5) is 13.9. The van der Waals surface area contributed by atoms with Crippen LogP contribution < -0.4 is 5.32 Å². The predicted molar refractivity (Wildman–Crippen MR) is 67.7 cm³/mol. The van der Waals surface area contributed by atoms with Crippen molar-refractivity contribution in [3.63, 3.8) is 0 Å². The molecule has 1 saturated heterocycles. The highest BCUT2D eigenvalue weighted by Gasteiger charge is 2.42. The molecule has 3 rings (SSSR count). The van der Waals surface area contributed by atoms with Crippen molar-refractivity contribution in [1.82, 2.24) is 4.90 Å². The second kappa shape index (κ2) is 4.89. The number of fused-ring (bicyclic) bond motifs is 1. The van der Waals surface area contributed by atoms with E-state index in [1.807, 2.05) is 0 Å². The number of nitrogens with one attached hydrogen (secondary N) is 1. The number of carbonyl (C=O) groups is 1. The van der Waals surface area contributed by atoms with Gasteiger partial charge in [-0.3, -0.25) is 9.69 Å². The van der Waals surface area contributed by atoms with E-state index in [4.69, 9.17) is 0 Å². The Morgan fingerprint density at radius 2 is 2.21 bits per heavy atom. The van der Waals surface area contributed by atoms with Crippen molar-refractivity contribution in [3.05, 3.63) is 29.8 Å². The number of likely N-dealkylation sites (tertiary alicyclic amines) is 1. The van der Waals surface area contributed by atoms with Gasteiger partial charge in [-0.1, -0.05) is 6.42 Å². The number of carbonyl (C=O) groups excluding carboxylic acids is 1. The first-order valence-electron chi connectivity index (χ1n) is 6.62. The maximum absolute atomic E-state index is 13.4. The highest BCUT2D eigenvalue weighted by Crippen LogP contribution is 2.38. The molecule has 1 amide bonds. The lowest BCUT2D eigenvalue weighted by Gasteiger charge is -2.44. The van der Waals surface area contributed by atoms with Gasteiger partial charge < -0.3 is 5.32 Å². The smallest absolute Gasteiger partial charge is 0.238 e. The van der Waals surface area contributed by atoms with Gasteiger partial charge in [-0.25, -0.2) is 8.78 Å². The minimum absolute atomic E-state index is 0.0894. The molecule has 0 unspecified atom stereocenters. The lowest BCUT2D eigenvalue weighted by molar-refractivity contribution is -0.120. The van der Waals surface area contributed by atoms with Gasteiger partial charge in [-0.2, -0.15) is 0 Å². The summed E-state index contributed by atoms with van der Waals surface area (Å²) in [5, 5.41) is 2.43. The van der Waals surface area contributed by atoms with Crippen LogP contribution in [0.1, 0.15) is 19.3 Å². The lowest BCUT2D eigenvalue weighted by atomic mass is 9.92. The summed E-state index contributed by atoms with van der Waals surface area (Å²) in [6.45, 7) is 1.21. The van der Waals surface area contributed by atoms with Crippen LogP contribution in [0, 0.1) is 17.6 Å². The summed E-state index contributed by atoms with van der Waals surface area (Å²) in [7, 11) is 0. The van der Waals surface area contributed by atoms with E-state index in [-0.39, 0.29) is 18.1 Å². The second-order valence-electron chi connectivity index (χ2n) is 5.36. The van der Waals surface area contributed by atoms with Crippen LogP contribution in [0.25, 0.3) is 0 Å². The molecule has 1 aliphatic carbocycles. The first-order valence-corrected chi connectivity index (χ1v) is 6.62. The second-order valence-corrected chi connectivity index (χ2v) is 5.36. The van der Waals surface area contributed by atoms with Crippen LogP contribution in [0.5, 0.6) is 0 Å². The first kappa shape index (κ1) is 12.5. The average Bonchev–Trinajstić information content (AvgIpc) is 2.72. The van der Waals surface area contributed by atoms with Crippen molar-refractivity contribution in [1.29, 1.82) is 0 Å². The van der Waals surface area contributed by atoms with Gasteiger partial charge in [-0.05, 0) is 30.9 Å². The summed E-state index contributed by atoms with van der Waals surface area (Å²) >= 11 is 0. The van der Waals surface area contributed by atoms with E-state index in [1.165, 1.54) is 12.8 Å². The summed E-state index contributed by atoms with van der Waals surface area (Å²) in [5.41, 5.74) is -0.0894. The molecule has 5 heteroatoms. The number of benzene rings is 1. The van der Waals surface area contributed by atoms with Crippen molar-refractivity contribution < 1.29 is 13.6 Å². The van der Waals surface area contributed by atoms with Gasteiger partial charge in [-0.15, -0.1) is 0 Å². The van der Waals surface area contributed by atoms with E-state index >= 15 is 0 Å². The Morgan fingerprint density at radius 3 is 3.00 bits per heavy atom. The summed E-state index contributed by atoms with van der Waals surface area (Å²) in [5.74, 6) is -0.720. The van der Waals surface area contributed by atoms with E-state index in [0.29, 0.717) is 6.04 Å². The van der Waals surface area contributed by atoms with Gasteiger partial charge in [0, 0.05) is 18.7 Å². The van der Waals surface area contributed by atoms with Crippen LogP contribution in [0.15, 0.2) is 18.2 Å². The molecule has 3 nitrogen and oxygen atoms in total. The zero-order chi connectivity index (χ0) is 13.4. The molecule has 1 aromatic rings. The fourth-order valence-corrected chi connectivity index (χ4v) is 3.16. The molecule has 19 heavy (non-hydrogen) atoms. The molecule has 0 aromatic heterocycles. The molecule has 0 bridgehead atoms. The number of rotatable bonds is 3. The Hall–Kier alpha value is -1.49. The molecule has 0 radical (unpaired) electrons. The third-order valence-corrected chi connectivity index (χ3v) is 4.11. The van der Waals surface area contributed by atoms with Crippen LogP contribution in [-0.2, 0) is 4.79 Å². The highest BCUT2D eigenvalue weighted by molar-refractivity contribution is 5.92. The average molecular weight is 266 g/mol. The fraction of sp³-hybridized carbons (Fsp3) is 0.500. The normalized spacial score (nSPS) is 25.8. The predicted octanol–water partition coefficient (Wildman–Crippen LogP) is 2.39. The summed E-state index contributed by atoms with van der Waals surface area (Å²) in [6, 6.07) is 3.57. The minimum atomic E-state index is -0.614. The van der Waals surface area contributed by atoms with Gasteiger partial charge in [0.1, 0.15) is 11.6 Å². The molecule has 2 fully saturated rings. The van der Waals surface area contributed by atoms with Crippen molar-refractivity contribution in [2.24, 2.45) is 5.92 Å². The minimum Gasteiger partial charge on any atom is -0.322 e. The Bertz CT molecular complexity index is 506. The molecule has 1 heterocycles. The largest absolute Gasteiger partial charge is 0.322 e. The van der Waals surface area contributed by atoms with Crippen LogP contribution in [0.2, 0.25) is 0 Å². The third kappa shape index (κ3) is 2.47. The van der Waals surface area contributed by atoms with Crippen LogP contribution in [-0.4, -0.2) is 29.9 Å². The fourth-order valence-electron chi connectivity index (χ4n) is 3.16. The van der Waals surface area contributed by atoms with Gasteiger partial charge in [0.25, 0.3) is 0 Å². The SMILES string of the molecule is O=C(CN1C[C@@H]2CCC[C@@H]21)Nc1cc(F)ccc1F. The molecular weight excluding hydrogens is 250 g/mol. The van der Waals surface area contributed by atoms with Crippen molar-refractivity contribution >= 4 is 11.6 Å². The zero-order valence-electron chi connectivity index (χ0n) is 10.5. The standard InChI is InChI=1S/C14H16F2N2O/c15-10-4-5-11(16)12(6-10)17-14(19)8-18-7-9-2-1-3-13(9)18/h4-6,9,13H,1-3,7-8H2,(H,17,19)/t9-,13-/m0/s1. The lowest BCUT2D eigenvalue weighted by Crippen LogP contribution is -2.55. The molecule has 1 aromatic carbocycles. The number of nitrogens with zero attached hydrogens (tertiary/aromatic N) is 1. The first-order chi connectivity index (χ1) is 9.13. The molecule has 2 aliphatic rings. The zero-order valence-corrected chi connectivity index (χ0v) is 10.5. The number of halogens is 2. The van der Waals surface area contributed by atoms with Crippen LogP contribution in [0.4, 0.5) is 14.5 Å². The molecule has 0 spiro atoms. The number of hydrogen-bond acceptors (Lipinski definition) is 2. The Labute approximate surface area is 110 Å².